The molecule has 0 unspecified atom stereocenters. The number of carbonyl (C=O) groups is 1. The lowest BCUT2D eigenvalue weighted by Crippen LogP contribution is -2.24. The van der Waals surface area contributed by atoms with Gasteiger partial charge in [-0.25, -0.2) is 0 Å². The highest BCUT2D eigenvalue weighted by molar-refractivity contribution is 7.99. The average Bonchev–Trinajstić information content (AvgIpc) is 2.46. The Bertz CT molecular complexity index is 845. The van der Waals surface area contributed by atoms with Crippen LogP contribution >= 0.6 is 11.8 Å². The van der Waals surface area contributed by atoms with Crippen LogP contribution in [0.4, 0.5) is 5.69 Å². The Labute approximate surface area is 142 Å². The van der Waals surface area contributed by atoms with Gasteiger partial charge in [-0.15, -0.1) is 0 Å². The number of aliphatic imine (C=N–C) groups is 1. The van der Waals surface area contributed by atoms with Crippen LogP contribution in [0.5, 0.6) is 0 Å². The molecule has 0 aromatic heterocycles. The summed E-state index contributed by atoms with van der Waals surface area (Å²) in [5.74, 6) is -1.09. The van der Waals surface area contributed by atoms with Gasteiger partial charge in [-0.2, -0.15) is 4.99 Å². The van der Waals surface area contributed by atoms with Crippen molar-refractivity contribution in [3.05, 3.63) is 63.2 Å². The molecule has 0 heterocycles. The van der Waals surface area contributed by atoms with Crippen molar-refractivity contribution in [2.45, 2.75) is 23.6 Å². The summed E-state index contributed by atoms with van der Waals surface area (Å²) in [6.45, 7) is 3.63. The van der Waals surface area contributed by atoms with E-state index in [9.17, 15) is 14.9 Å². The second-order valence-electron chi connectivity index (χ2n) is 5.15. The summed E-state index contributed by atoms with van der Waals surface area (Å²) < 4.78 is 0. The molecule has 24 heavy (non-hydrogen) atoms. The molecule has 4 N–H and O–H groups in total. The molecule has 0 fully saturated rings. The molecule has 0 saturated heterocycles. The van der Waals surface area contributed by atoms with Crippen LogP contribution in [0, 0.1) is 24.0 Å². The number of nitrogens with two attached hydrogens (primary N) is 2. The van der Waals surface area contributed by atoms with Crippen molar-refractivity contribution in [1.29, 1.82) is 0 Å². The van der Waals surface area contributed by atoms with Gasteiger partial charge in [0, 0.05) is 11.0 Å². The summed E-state index contributed by atoms with van der Waals surface area (Å²) >= 11 is 1.27. The van der Waals surface area contributed by atoms with Crippen molar-refractivity contribution in [2.24, 2.45) is 16.5 Å². The van der Waals surface area contributed by atoms with E-state index in [2.05, 4.69) is 4.99 Å². The molecule has 0 bridgehead atoms. The minimum atomic E-state index is -0.706. The third-order valence-electron chi connectivity index (χ3n) is 3.18. The first-order valence-electron chi connectivity index (χ1n) is 6.95. The van der Waals surface area contributed by atoms with E-state index >= 15 is 0 Å². The molecular formula is C16H16N4O3S. The van der Waals surface area contributed by atoms with Crippen molar-refractivity contribution in [3.63, 3.8) is 0 Å². The summed E-state index contributed by atoms with van der Waals surface area (Å²) in [4.78, 5) is 27.6. The standard InChI is InChI=1S/C16H16N4O3S/c1-9-4-3-5-11(6-9)24-14-7-10(2)12(8-13(14)20(22)23)15(21)19-16(17)18/h3-8H,1-2H3,(H4,17,18,19,21). The van der Waals surface area contributed by atoms with Gasteiger partial charge in [0.25, 0.3) is 11.6 Å². The number of amides is 1. The maximum atomic E-state index is 12.0. The fourth-order valence-corrected chi connectivity index (χ4v) is 3.23. The predicted molar refractivity (Wildman–Crippen MR) is 93.3 cm³/mol. The zero-order valence-electron chi connectivity index (χ0n) is 13.1. The Morgan fingerprint density at radius 1 is 1.21 bits per heavy atom. The molecule has 0 atom stereocenters. The number of nitro groups is 1. The lowest BCUT2D eigenvalue weighted by molar-refractivity contribution is -0.387. The molecule has 0 aliphatic carbocycles. The molecule has 2 aromatic carbocycles. The van der Waals surface area contributed by atoms with E-state index in [0.717, 1.165) is 10.5 Å². The lowest BCUT2D eigenvalue weighted by Gasteiger charge is -2.08. The molecule has 7 nitrogen and oxygen atoms in total. The first kappa shape index (κ1) is 17.5. The molecular weight excluding hydrogens is 328 g/mol. The second-order valence-corrected chi connectivity index (χ2v) is 6.27. The maximum absolute atomic E-state index is 12.0. The zero-order chi connectivity index (χ0) is 17.9. The smallest absolute Gasteiger partial charge is 0.284 e. The normalized spacial score (nSPS) is 10.2. The van der Waals surface area contributed by atoms with Gasteiger partial charge in [-0.1, -0.05) is 29.5 Å². The molecule has 0 saturated carbocycles. The largest absolute Gasteiger partial charge is 0.370 e. The SMILES string of the molecule is Cc1cccc(Sc2cc(C)c(C(=O)N=C(N)N)cc2[N+](=O)[O-])c1. The van der Waals surface area contributed by atoms with Crippen LogP contribution in [0.15, 0.2) is 51.2 Å². The van der Waals surface area contributed by atoms with Crippen molar-refractivity contribution < 1.29 is 9.72 Å². The minimum absolute atomic E-state index is 0.101. The third kappa shape index (κ3) is 4.11. The fourth-order valence-electron chi connectivity index (χ4n) is 2.11. The van der Waals surface area contributed by atoms with E-state index in [1.165, 1.54) is 17.8 Å². The zero-order valence-corrected chi connectivity index (χ0v) is 14.0. The van der Waals surface area contributed by atoms with Crippen LogP contribution < -0.4 is 11.5 Å². The Morgan fingerprint density at radius 2 is 1.92 bits per heavy atom. The highest BCUT2D eigenvalue weighted by Gasteiger charge is 2.21. The summed E-state index contributed by atoms with van der Waals surface area (Å²) in [7, 11) is 0. The van der Waals surface area contributed by atoms with Gasteiger partial charge >= 0.3 is 0 Å². The molecule has 2 rings (SSSR count). The van der Waals surface area contributed by atoms with E-state index in [1.54, 1.807) is 13.0 Å². The van der Waals surface area contributed by atoms with Crippen LogP contribution in [-0.4, -0.2) is 16.8 Å². The van der Waals surface area contributed by atoms with E-state index in [-0.39, 0.29) is 17.2 Å². The first-order chi connectivity index (χ1) is 11.3. The number of nitrogens with zero attached hydrogens (tertiary/aromatic N) is 2. The summed E-state index contributed by atoms with van der Waals surface area (Å²) in [5, 5.41) is 11.4. The quantitative estimate of drug-likeness (QED) is 0.380. The molecule has 1 amide bonds. The van der Waals surface area contributed by atoms with Crippen molar-refractivity contribution in [1.82, 2.24) is 0 Å². The second kappa shape index (κ2) is 7.14. The summed E-state index contributed by atoms with van der Waals surface area (Å²) in [5.41, 5.74) is 11.9. The Morgan fingerprint density at radius 3 is 2.50 bits per heavy atom. The molecule has 2 aromatic rings. The van der Waals surface area contributed by atoms with Crippen molar-refractivity contribution >= 4 is 29.3 Å². The topological polar surface area (TPSA) is 125 Å². The van der Waals surface area contributed by atoms with E-state index in [1.807, 2.05) is 31.2 Å². The van der Waals surface area contributed by atoms with Crippen LogP contribution in [0.1, 0.15) is 21.5 Å². The number of nitro benzene ring substituents is 1. The van der Waals surface area contributed by atoms with Gasteiger partial charge in [0.05, 0.1) is 15.4 Å². The third-order valence-corrected chi connectivity index (χ3v) is 4.22. The van der Waals surface area contributed by atoms with Gasteiger partial charge < -0.3 is 11.5 Å². The number of hydrogen-bond donors (Lipinski definition) is 2. The van der Waals surface area contributed by atoms with Crippen LogP contribution in [0.3, 0.4) is 0 Å². The van der Waals surface area contributed by atoms with E-state index in [0.29, 0.717) is 10.5 Å². The van der Waals surface area contributed by atoms with Crippen LogP contribution in [-0.2, 0) is 0 Å². The highest BCUT2D eigenvalue weighted by atomic mass is 32.2. The van der Waals surface area contributed by atoms with Crippen molar-refractivity contribution in [3.8, 4) is 0 Å². The number of benzene rings is 2. The average molecular weight is 344 g/mol. The van der Waals surface area contributed by atoms with Crippen molar-refractivity contribution in [2.75, 3.05) is 0 Å². The number of rotatable bonds is 4. The summed E-state index contributed by atoms with van der Waals surface area (Å²) in [6, 6.07) is 10.4. The molecule has 0 aliphatic rings. The molecule has 124 valence electrons. The Balaban J connectivity index is 2.49. The number of carbonyl (C=O) groups excluding carboxylic acids is 1. The molecule has 8 heteroatoms. The molecule has 0 aliphatic heterocycles. The number of guanidine groups is 1. The molecule has 0 radical (unpaired) electrons. The monoisotopic (exact) mass is 344 g/mol. The van der Waals surface area contributed by atoms with E-state index < -0.39 is 10.8 Å². The number of aryl methyl sites for hydroxylation is 2. The first-order valence-corrected chi connectivity index (χ1v) is 7.77. The minimum Gasteiger partial charge on any atom is -0.370 e. The van der Waals surface area contributed by atoms with Gasteiger partial charge in [0.2, 0.25) is 0 Å². The Hall–Kier alpha value is -2.87. The summed E-state index contributed by atoms with van der Waals surface area (Å²) in [6.07, 6.45) is 0. The predicted octanol–water partition coefficient (Wildman–Crippen LogP) is 2.78. The van der Waals surface area contributed by atoms with Gasteiger partial charge in [-0.05, 0) is 37.6 Å². The molecule has 0 spiro atoms. The number of hydrogen-bond acceptors (Lipinski definition) is 4. The van der Waals surface area contributed by atoms with E-state index in [4.69, 9.17) is 11.5 Å². The van der Waals surface area contributed by atoms with Crippen LogP contribution in [0.25, 0.3) is 0 Å². The lowest BCUT2D eigenvalue weighted by atomic mass is 10.1. The fraction of sp³-hybridized carbons (Fsp3) is 0.125. The maximum Gasteiger partial charge on any atom is 0.284 e. The Kier molecular flexibility index (Phi) is 5.20. The van der Waals surface area contributed by atoms with Gasteiger partial charge in [-0.3, -0.25) is 14.9 Å². The van der Waals surface area contributed by atoms with Gasteiger partial charge in [0.1, 0.15) is 0 Å². The van der Waals surface area contributed by atoms with Gasteiger partial charge in [0.15, 0.2) is 5.96 Å². The van der Waals surface area contributed by atoms with Crippen LogP contribution in [0.2, 0.25) is 0 Å². The highest BCUT2D eigenvalue weighted by Crippen LogP contribution is 2.37.